The van der Waals surface area contributed by atoms with Gasteiger partial charge in [-0.2, -0.15) is 0 Å². The van der Waals surface area contributed by atoms with Crippen LogP contribution in [0.25, 0.3) is 0 Å². The molecule has 0 radical (unpaired) electrons. The standard InChI is InChI=1S/C15H15BrN2O5/c16-10-5-11-12(23-6-13(19)18-11)4-9(10)14(20)17-8-2-1-7(3-8)15(21)22/h4-5,7-8H,1-3,6H2,(H,17,20)(H,18,19)(H,21,22)/t7-,8+/m0/s1. The first-order valence-electron chi connectivity index (χ1n) is 7.24. The van der Waals surface area contributed by atoms with Crippen LogP contribution in [0.3, 0.4) is 0 Å². The number of benzene rings is 1. The third-order valence-corrected chi connectivity index (χ3v) is 4.72. The van der Waals surface area contributed by atoms with E-state index < -0.39 is 11.9 Å². The lowest BCUT2D eigenvalue weighted by molar-refractivity contribution is -0.141. The molecule has 1 aromatic rings. The van der Waals surface area contributed by atoms with Gasteiger partial charge in [0.2, 0.25) is 0 Å². The van der Waals surface area contributed by atoms with Crippen molar-refractivity contribution in [1.82, 2.24) is 5.32 Å². The second kappa shape index (κ2) is 6.19. The van der Waals surface area contributed by atoms with Crippen molar-refractivity contribution < 1.29 is 24.2 Å². The fraction of sp³-hybridized carbons (Fsp3) is 0.400. The molecule has 0 spiro atoms. The predicted molar refractivity (Wildman–Crippen MR) is 84.5 cm³/mol. The highest BCUT2D eigenvalue weighted by atomic mass is 79.9. The number of aliphatic carboxylic acids is 1. The lowest BCUT2D eigenvalue weighted by Crippen LogP contribution is -2.34. The van der Waals surface area contributed by atoms with Crippen molar-refractivity contribution in [2.45, 2.75) is 25.3 Å². The molecule has 122 valence electrons. The van der Waals surface area contributed by atoms with E-state index in [1.807, 2.05) is 0 Å². The van der Waals surface area contributed by atoms with Crippen LogP contribution in [0, 0.1) is 5.92 Å². The molecule has 2 aliphatic rings. The van der Waals surface area contributed by atoms with Gasteiger partial charge < -0.3 is 20.5 Å². The molecule has 1 heterocycles. The largest absolute Gasteiger partial charge is 0.482 e. The van der Waals surface area contributed by atoms with Crippen LogP contribution in [0.5, 0.6) is 5.75 Å². The molecule has 0 aromatic heterocycles. The van der Waals surface area contributed by atoms with Crippen LogP contribution in [0.1, 0.15) is 29.6 Å². The van der Waals surface area contributed by atoms with Gasteiger partial charge in [-0.3, -0.25) is 14.4 Å². The molecule has 2 amide bonds. The van der Waals surface area contributed by atoms with E-state index in [-0.39, 0.29) is 24.5 Å². The number of ether oxygens (including phenoxy) is 1. The Bertz CT molecular complexity index is 691. The second-order valence-electron chi connectivity index (χ2n) is 5.68. The van der Waals surface area contributed by atoms with Crippen molar-refractivity contribution >= 4 is 39.4 Å². The molecule has 3 N–H and O–H groups in total. The molecule has 8 heteroatoms. The lowest BCUT2D eigenvalue weighted by Gasteiger charge is -2.20. The Morgan fingerprint density at radius 2 is 2.13 bits per heavy atom. The third kappa shape index (κ3) is 3.31. The number of carbonyl (C=O) groups is 3. The van der Waals surface area contributed by atoms with Gasteiger partial charge in [0, 0.05) is 10.5 Å². The van der Waals surface area contributed by atoms with E-state index in [0.717, 1.165) is 0 Å². The van der Waals surface area contributed by atoms with Crippen LogP contribution < -0.4 is 15.4 Å². The highest BCUT2D eigenvalue weighted by Crippen LogP contribution is 2.34. The summed E-state index contributed by atoms with van der Waals surface area (Å²) in [6.45, 7) is -0.0847. The maximum Gasteiger partial charge on any atom is 0.306 e. The van der Waals surface area contributed by atoms with Crippen LogP contribution in [0.4, 0.5) is 5.69 Å². The van der Waals surface area contributed by atoms with Gasteiger partial charge in [0.1, 0.15) is 5.75 Å². The maximum absolute atomic E-state index is 12.4. The molecule has 1 aromatic carbocycles. The number of anilines is 1. The fourth-order valence-electron chi connectivity index (χ4n) is 2.87. The van der Waals surface area contributed by atoms with E-state index in [4.69, 9.17) is 9.84 Å². The zero-order chi connectivity index (χ0) is 16.6. The summed E-state index contributed by atoms with van der Waals surface area (Å²) in [5.74, 6) is -1.32. The summed E-state index contributed by atoms with van der Waals surface area (Å²) in [6.07, 6.45) is 1.66. The first-order chi connectivity index (χ1) is 10.9. The topological polar surface area (TPSA) is 105 Å². The van der Waals surface area contributed by atoms with E-state index in [9.17, 15) is 14.4 Å². The van der Waals surface area contributed by atoms with E-state index in [0.29, 0.717) is 40.7 Å². The highest BCUT2D eigenvalue weighted by Gasteiger charge is 2.31. The van der Waals surface area contributed by atoms with Gasteiger partial charge in [0.05, 0.1) is 17.2 Å². The van der Waals surface area contributed by atoms with Crippen LogP contribution >= 0.6 is 15.9 Å². The SMILES string of the molecule is O=C1COc2cc(C(=O)N[C@@H]3CC[C@H](C(=O)O)C3)c(Br)cc2N1. The maximum atomic E-state index is 12.4. The zero-order valence-electron chi connectivity index (χ0n) is 12.1. The monoisotopic (exact) mass is 382 g/mol. The van der Waals surface area contributed by atoms with Gasteiger partial charge in [-0.25, -0.2) is 0 Å². The summed E-state index contributed by atoms with van der Waals surface area (Å²) in [5.41, 5.74) is 0.898. The van der Waals surface area contributed by atoms with Gasteiger partial charge in [-0.1, -0.05) is 0 Å². The molecule has 3 rings (SSSR count). The van der Waals surface area contributed by atoms with Crippen LogP contribution in [0.15, 0.2) is 16.6 Å². The Morgan fingerprint density at radius 3 is 2.83 bits per heavy atom. The average molecular weight is 383 g/mol. The number of nitrogens with one attached hydrogen (secondary N) is 2. The minimum atomic E-state index is -0.819. The molecular formula is C15H15BrN2O5. The second-order valence-corrected chi connectivity index (χ2v) is 6.54. The Kier molecular flexibility index (Phi) is 4.25. The summed E-state index contributed by atoms with van der Waals surface area (Å²) in [6, 6.07) is 3.04. The predicted octanol–water partition coefficient (Wildman–Crippen LogP) is 1.76. The molecule has 1 aliphatic heterocycles. The van der Waals surface area contributed by atoms with Crippen molar-refractivity contribution in [2.24, 2.45) is 5.92 Å². The van der Waals surface area contributed by atoms with Crippen molar-refractivity contribution in [2.75, 3.05) is 11.9 Å². The average Bonchev–Trinajstić information content (AvgIpc) is 2.95. The number of amides is 2. The van der Waals surface area contributed by atoms with Crippen molar-refractivity contribution in [3.05, 3.63) is 22.2 Å². The Hall–Kier alpha value is -2.09. The molecule has 1 fully saturated rings. The number of hydrogen-bond donors (Lipinski definition) is 3. The van der Waals surface area contributed by atoms with E-state index >= 15 is 0 Å². The molecule has 7 nitrogen and oxygen atoms in total. The van der Waals surface area contributed by atoms with Crippen molar-refractivity contribution in [3.63, 3.8) is 0 Å². The molecule has 1 saturated carbocycles. The number of halogens is 1. The van der Waals surface area contributed by atoms with Gasteiger partial charge in [-0.15, -0.1) is 0 Å². The summed E-state index contributed by atoms with van der Waals surface area (Å²) in [4.78, 5) is 34.7. The van der Waals surface area contributed by atoms with Gasteiger partial charge in [0.25, 0.3) is 11.8 Å². The number of fused-ring (bicyclic) bond motifs is 1. The van der Waals surface area contributed by atoms with Crippen molar-refractivity contribution in [3.8, 4) is 5.75 Å². The third-order valence-electron chi connectivity index (χ3n) is 4.06. The van der Waals surface area contributed by atoms with E-state index in [1.165, 1.54) is 0 Å². The number of carboxylic acids is 1. The lowest BCUT2D eigenvalue weighted by atomic mass is 10.1. The number of carboxylic acid groups (broad SMARTS) is 1. The first kappa shape index (κ1) is 15.8. The van der Waals surface area contributed by atoms with Gasteiger partial charge in [0.15, 0.2) is 6.61 Å². The molecule has 1 aliphatic carbocycles. The Labute approximate surface area is 140 Å². The smallest absolute Gasteiger partial charge is 0.306 e. The number of hydrogen-bond acceptors (Lipinski definition) is 4. The minimum absolute atomic E-state index is 0.0847. The normalized spacial score (nSPS) is 22.7. The Morgan fingerprint density at radius 1 is 1.35 bits per heavy atom. The summed E-state index contributed by atoms with van der Waals surface area (Å²) < 4.78 is 5.84. The summed E-state index contributed by atoms with van der Waals surface area (Å²) in [5, 5.41) is 14.5. The zero-order valence-corrected chi connectivity index (χ0v) is 13.7. The molecule has 2 atom stereocenters. The highest BCUT2D eigenvalue weighted by molar-refractivity contribution is 9.10. The van der Waals surface area contributed by atoms with E-state index in [2.05, 4.69) is 26.6 Å². The number of rotatable bonds is 3. The fourth-order valence-corrected chi connectivity index (χ4v) is 3.40. The molecule has 0 bridgehead atoms. The van der Waals surface area contributed by atoms with Gasteiger partial charge in [-0.05, 0) is 47.3 Å². The quantitative estimate of drug-likeness (QED) is 0.738. The van der Waals surface area contributed by atoms with Crippen LogP contribution in [-0.2, 0) is 9.59 Å². The van der Waals surface area contributed by atoms with E-state index in [1.54, 1.807) is 12.1 Å². The van der Waals surface area contributed by atoms with Crippen LogP contribution in [-0.4, -0.2) is 35.5 Å². The summed E-state index contributed by atoms with van der Waals surface area (Å²) in [7, 11) is 0. The molecule has 23 heavy (non-hydrogen) atoms. The van der Waals surface area contributed by atoms with Gasteiger partial charge >= 0.3 is 5.97 Å². The van der Waals surface area contributed by atoms with Crippen molar-refractivity contribution in [1.29, 1.82) is 0 Å². The molecule has 0 unspecified atom stereocenters. The van der Waals surface area contributed by atoms with Crippen LogP contribution in [0.2, 0.25) is 0 Å². The Balaban J connectivity index is 1.73. The first-order valence-corrected chi connectivity index (χ1v) is 8.03. The molecular weight excluding hydrogens is 368 g/mol. The number of carbonyl (C=O) groups excluding carboxylic acids is 2. The summed E-state index contributed by atoms with van der Waals surface area (Å²) >= 11 is 3.32. The molecule has 0 saturated heterocycles. The minimum Gasteiger partial charge on any atom is -0.482 e.